The van der Waals surface area contributed by atoms with Gasteiger partial charge >= 0.3 is 0 Å². The maximum absolute atomic E-state index is 12.3. The Balaban J connectivity index is 1.77. The molecule has 0 heterocycles. The number of halogens is 3. The van der Waals surface area contributed by atoms with Crippen molar-refractivity contribution < 1.29 is 14.6 Å². The number of rotatable bonds is 6. The maximum Gasteiger partial charge on any atom is 0.275 e. The number of carbonyl (C=O) groups excluding carboxylic acids is 1. The fourth-order valence-electron chi connectivity index (χ4n) is 2.47. The van der Waals surface area contributed by atoms with Gasteiger partial charge in [-0.15, -0.1) is 0 Å². The van der Waals surface area contributed by atoms with E-state index in [2.05, 4.69) is 58.3 Å². The molecule has 0 radical (unpaired) electrons. The van der Waals surface area contributed by atoms with Gasteiger partial charge in [-0.1, -0.05) is 62.2 Å². The van der Waals surface area contributed by atoms with Gasteiger partial charge in [-0.3, -0.25) is 4.79 Å². The molecule has 3 aromatic rings. The van der Waals surface area contributed by atoms with Crippen LogP contribution in [0.4, 0.5) is 0 Å². The van der Waals surface area contributed by atoms with Crippen molar-refractivity contribution in [1.29, 1.82) is 0 Å². The molecule has 0 aliphatic rings. The molecule has 3 rings (SSSR count). The molecule has 29 heavy (non-hydrogen) atoms. The van der Waals surface area contributed by atoms with E-state index >= 15 is 0 Å². The van der Waals surface area contributed by atoms with Crippen LogP contribution in [0.25, 0.3) is 0 Å². The largest absolute Gasteiger partial charge is 0.507 e. The van der Waals surface area contributed by atoms with Gasteiger partial charge in [0.05, 0.1) is 16.3 Å². The summed E-state index contributed by atoms with van der Waals surface area (Å²) in [6, 6.07) is 18.1. The Hall–Kier alpha value is -2.16. The first-order chi connectivity index (χ1) is 13.9. The van der Waals surface area contributed by atoms with Crippen molar-refractivity contribution in [3.63, 3.8) is 0 Å². The van der Waals surface area contributed by atoms with Gasteiger partial charge in [0.2, 0.25) is 0 Å². The number of phenolic OH excluding ortho intramolecular Hbond substituents is 1. The number of ether oxygens (including phenoxy) is 1. The van der Waals surface area contributed by atoms with E-state index in [1.54, 1.807) is 6.07 Å². The summed E-state index contributed by atoms with van der Waals surface area (Å²) in [7, 11) is 0. The van der Waals surface area contributed by atoms with Gasteiger partial charge in [0.1, 0.15) is 18.1 Å². The van der Waals surface area contributed by atoms with E-state index in [-0.39, 0.29) is 11.3 Å². The number of nitrogens with zero attached hydrogens (tertiary/aromatic N) is 1. The van der Waals surface area contributed by atoms with Crippen LogP contribution >= 0.6 is 47.8 Å². The number of amides is 1. The summed E-state index contributed by atoms with van der Waals surface area (Å²) in [5, 5.41) is 13.9. The van der Waals surface area contributed by atoms with E-state index in [9.17, 15) is 9.90 Å². The zero-order valence-corrected chi connectivity index (χ0v) is 19.7. The Morgan fingerprint density at radius 1 is 1.03 bits per heavy atom. The average Bonchev–Trinajstić information content (AvgIpc) is 2.69. The van der Waals surface area contributed by atoms with Crippen LogP contribution in [0.2, 0.25) is 0 Å². The van der Waals surface area contributed by atoms with Crippen molar-refractivity contribution in [2.75, 3.05) is 0 Å². The number of hydrazone groups is 1. The highest BCUT2D eigenvalue weighted by Gasteiger charge is 2.12. The smallest absolute Gasteiger partial charge is 0.275 e. The van der Waals surface area contributed by atoms with Crippen molar-refractivity contribution >= 4 is 59.9 Å². The van der Waals surface area contributed by atoms with E-state index in [4.69, 9.17) is 4.74 Å². The van der Waals surface area contributed by atoms with Crippen LogP contribution < -0.4 is 10.2 Å². The number of hydrogen-bond acceptors (Lipinski definition) is 4. The molecule has 2 N–H and O–H groups in total. The number of hydrogen-bond donors (Lipinski definition) is 2. The Labute approximate surface area is 193 Å². The topological polar surface area (TPSA) is 70.9 Å². The van der Waals surface area contributed by atoms with E-state index in [0.29, 0.717) is 22.4 Å². The van der Waals surface area contributed by atoms with Crippen molar-refractivity contribution in [1.82, 2.24) is 5.43 Å². The third-order valence-corrected chi connectivity index (χ3v) is 5.38. The summed E-state index contributed by atoms with van der Waals surface area (Å²) in [5.74, 6) is -0.0563. The minimum atomic E-state index is -0.527. The first kappa shape index (κ1) is 21.5. The Morgan fingerprint density at radius 2 is 1.79 bits per heavy atom. The van der Waals surface area contributed by atoms with Crippen LogP contribution in [-0.4, -0.2) is 17.2 Å². The summed E-state index contributed by atoms with van der Waals surface area (Å²) in [6.45, 7) is 0.389. The second kappa shape index (κ2) is 10.0. The van der Waals surface area contributed by atoms with Crippen molar-refractivity contribution in [2.24, 2.45) is 5.10 Å². The van der Waals surface area contributed by atoms with Crippen molar-refractivity contribution in [3.8, 4) is 11.5 Å². The molecule has 0 saturated heterocycles. The van der Waals surface area contributed by atoms with Gasteiger partial charge in [-0.25, -0.2) is 5.43 Å². The lowest BCUT2D eigenvalue weighted by Crippen LogP contribution is -2.17. The molecule has 0 unspecified atom stereocenters. The van der Waals surface area contributed by atoms with Gasteiger partial charge in [-0.2, -0.15) is 5.10 Å². The standard InChI is InChI=1S/C21H15Br3N2O3/c22-15-6-7-19(27)17(9-15)21(28)26-25-11-14-8-16(23)10-18(24)20(14)29-12-13-4-2-1-3-5-13/h1-11,27H,12H2,(H,26,28)/b25-11+. The molecule has 0 bridgehead atoms. The average molecular weight is 583 g/mol. The second-order valence-corrected chi connectivity index (χ2v) is 8.63. The zero-order chi connectivity index (χ0) is 20.8. The third kappa shape index (κ3) is 5.91. The van der Waals surface area contributed by atoms with Gasteiger partial charge in [0.15, 0.2) is 0 Å². The molecule has 0 fully saturated rings. The van der Waals surface area contributed by atoms with Gasteiger partial charge in [0.25, 0.3) is 5.91 Å². The van der Waals surface area contributed by atoms with Gasteiger partial charge in [-0.05, 0) is 51.8 Å². The number of phenols is 1. The molecule has 0 aromatic heterocycles. The molecule has 5 nitrogen and oxygen atoms in total. The van der Waals surface area contributed by atoms with Gasteiger partial charge in [0, 0.05) is 14.5 Å². The fraction of sp³-hybridized carbons (Fsp3) is 0.0476. The maximum atomic E-state index is 12.3. The molecule has 3 aromatic carbocycles. The lowest BCUT2D eigenvalue weighted by Gasteiger charge is -2.12. The summed E-state index contributed by atoms with van der Waals surface area (Å²) in [5.41, 5.74) is 4.24. The monoisotopic (exact) mass is 580 g/mol. The normalized spacial score (nSPS) is 10.9. The summed E-state index contributed by atoms with van der Waals surface area (Å²) in [4.78, 5) is 12.3. The minimum absolute atomic E-state index is 0.118. The van der Waals surface area contributed by atoms with Crippen molar-refractivity contribution in [2.45, 2.75) is 6.61 Å². The van der Waals surface area contributed by atoms with Crippen LogP contribution in [0, 0.1) is 0 Å². The van der Waals surface area contributed by atoms with Crippen LogP contribution in [-0.2, 0) is 6.61 Å². The SMILES string of the molecule is O=C(N/N=C/c1cc(Br)cc(Br)c1OCc1ccccc1)c1cc(Br)ccc1O. The lowest BCUT2D eigenvalue weighted by molar-refractivity contribution is 0.0952. The quantitative estimate of drug-likeness (QED) is 0.276. The van der Waals surface area contributed by atoms with Crippen LogP contribution in [0.3, 0.4) is 0 Å². The van der Waals surface area contributed by atoms with E-state index < -0.39 is 5.91 Å². The molecule has 0 aliphatic carbocycles. The fourth-order valence-corrected chi connectivity index (χ4v) is 4.20. The van der Waals surface area contributed by atoms with E-state index in [0.717, 1.165) is 14.5 Å². The van der Waals surface area contributed by atoms with Crippen molar-refractivity contribution in [3.05, 3.63) is 90.8 Å². The van der Waals surface area contributed by atoms with Crippen LogP contribution in [0.5, 0.6) is 11.5 Å². The number of nitrogens with one attached hydrogen (secondary N) is 1. The molecule has 0 aliphatic heterocycles. The predicted molar refractivity (Wildman–Crippen MR) is 123 cm³/mol. The molecular weight excluding hydrogens is 568 g/mol. The third-order valence-electron chi connectivity index (χ3n) is 3.84. The molecular formula is C21H15Br3N2O3. The summed E-state index contributed by atoms with van der Waals surface area (Å²) < 4.78 is 8.22. The number of aromatic hydroxyl groups is 1. The first-order valence-corrected chi connectivity index (χ1v) is 10.8. The molecule has 0 atom stereocenters. The zero-order valence-electron chi connectivity index (χ0n) is 14.9. The molecule has 1 amide bonds. The van der Waals surface area contributed by atoms with Crippen LogP contribution in [0.1, 0.15) is 21.5 Å². The minimum Gasteiger partial charge on any atom is -0.507 e. The van der Waals surface area contributed by atoms with E-state index in [1.807, 2.05) is 42.5 Å². The highest BCUT2D eigenvalue weighted by atomic mass is 79.9. The predicted octanol–water partition coefficient (Wildman–Crippen LogP) is 6.02. The number of benzene rings is 3. The first-order valence-electron chi connectivity index (χ1n) is 8.41. The van der Waals surface area contributed by atoms with E-state index in [1.165, 1.54) is 18.3 Å². The highest BCUT2D eigenvalue weighted by Crippen LogP contribution is 2.32. The lowest BCUT2D eigenvalue weighted by atomic mass is 10.2. The summed E-state index contributed by atoms with van der Waals surface area (Å²) >= 11 is 10.2. The highest BCUT2D eigenvalue weighted by molar-refractivity contribution is 9.11. The Morgan fingerprint density at radius 3 is 2.55 bits per heavy atom. The molecule has 148 valence electrons. The molecule has 8 heteroatoms. The molecule has 0 saturated carbocycles. The second-order valence-electron chi connectivity index (χ2n) is 5.94. The van der Waals surface area contributed by atoms with Crippen LogP contribution in [0.15, 0.2) is 79.2 Å². The van der Waals surface area contributed by atoms with Gasteiger partial charge < -0.3 is 9.84 Å². The Bertz CT molecular complexity index is 1060. The number of carbonyl (C=O) groups is 1. The summed E-state index contributed by atoms with van der Waals surface area (Å²) in [6.07, 6.45) is 1.49. The molecule has 0 spiro atoms. The Kier molecular flexibility index (Phi) is 7.46.